The summed E-state index contributed by atoms with van der Waals surface area (Å²) in [6.07, 6.45) is 3.89. The lowest BCUT2D eigenvalue weighted by Gasteiger charge is -2.24. The van der Waals surface area contributed by atoms with Gasteiger partial charge in [0.05, 0.1) is 0 Å². The first-order valence-electron chi connectivity index (χ1n) is 5.72. The Balaban J connectivity index is 2.32. The Morgan fingerprint density at radius 3 is 2.50 bits per heavy atom. The Morgan fingerprint density at radius 2 is 2.00 bits per heavy atom. The predicted molar refractivity (Wildman–Crippen MR) is 65.5 cm³/mol. The van der Waals surface area contributed by atoms with Crippen molar-refractivity contribution in [1.82, 2.24) is 9.80 Å². The van der Waals surface area contributed by atoms with E-state index in [4.69, 9.17) is 12.2 Å². The molecule has 82 valence electrons. The fraction of sp³-hybridized carbons (Fsp3) is 0.909. The Morgan fingerprint density at radius 1 is 1.29 bits per heavy atom. The van der Waals surface area contributed by atoms with Crippen LogP contribution in [0, 0.1) is 0 Å². The molecular weight excluding hydrogens is 192 g/mol. The molecule has 0 aromatic carbocycles. The maximum atomic E-state index is 5.44. The highest BCUT2D eigenvalue weighted by molar-refractivity contribution is 7.80. The minimum atomic E-state index is 0.554. The van der Waals surface area contributed by atoms with Crippen LogP contribution in [0.3, 0.4) is 0 Å². The summed E-state index contributed by atoms with van der Waals surface area (Å²) in [5, 5.41) is 1.07. The van der Waals surface area contributed by atoms with Gasteiger partial charge in [0.2, 0.25) is 0 Å². The molecule has 0 N–H and O–H groups in total. The van der Waals surface area contributed by atoms with Gasteiger partial charge in [0.15, 0.2) is 5.11 Å². The van der Waals surface area contributed by atoms with Crippen LogP contribution in [0.2, 0.25) is 0 Å². The molecule has 0 aromatic heterocycles. The maximum Gasteiger partial charge on any atom is 0.171 e. The summed E-state index contributed by atoms with van der Waals surface area (Å²) in [6.45, 7) is 10.0. The van der Waals surface area contributed by atoms with Gasteiger partial charge in [0.25, 0.3) is 0 Å². The minimum Gasteiger partial charge on any atom is -0.347 e. The number of hydrogen-bond donors (Lipinski definition) is 0. The normalized spacial score (nSPS) is 17.3. The van der Waals surface area contributed by atoms with Gasteiger partial charge in [-0.25, -0.2) is 0 Å². The Kier molecular flexibility index (Phi) is 4.66. The van der Waals surface area contributed by atoms with Crippen LogP contribution >= 0.6 is 12.2 Å². The largest absolute Gasteiger partial charge is 0.347 e. The van der Waals surface area contributed by atoms with Gasteiger partial charge in [-0.05, 0) is 32.5 Å². The quantitative estimate of drug-likeness (QED) is 0.513. The smallest absolute Gasteiger partial charge is 0.171 e. The zero-order chi connectivity index (χ0) is 10.6. The first-order chi connectivity index (χ1) is 6.66. The first kappa shape index (κ1) is 11.8. The van der Waals surface area contributed by atoms with Crippen molar-refractivity contribution in [2.75, 3.05) is 19.6 Å². The van der Waals surface area contributed by atoms with E-state index in [-0.39, 0.29) is 0 Å². The van der Waals surface area contributed by atoms with E-state index >= 15 is 0 Å². The van der Waals surface area contributed by atoms with Crippen LogP contribution in [-0.4, -0.2) is 40.6 Å². The Bertz CT molecular complexity index is 192. The summed E-state index contributed by atoms with van der Waals surface area (Å²) in [5.41, 5.74) is 0. The second kappa shape index (κ2) is 5.54. The standard InChI is InChI=1S/C11H22N2S/c1-4-5-6-7-12-8-9-13(10(2)3)11(12)14/h10H,4-9H2,1-3H3. The van der Waals surface area contributed by atoms with Gasteiger partial charge >= 0.3 is 0 Å². The Labute approximate surface area is 93.3 Å². The summed E-state index contributed by atoms with van der Waals surface area (Å²) >= 11 is 5.44. The lowest BCUT2D eigenvalue weighted by Crippen LogP contribution is -2.36. The van der Waals surface area contributed by atoms with Crippen molar-refractivity contribution in [2.24, 2.45) is 0 Å². The van der Waals surface area contributed by atoms with Crippen LogP contribution in [0.25, 0.3) is 0 Å². The molecule has 1 fully saturated rings. The molecule has 1 heterocycles. The van der Waals surface area contributed by atoms with Crippen LogP contribution in [0.15, 0.2) is 0 Å². The van der Waals surface area contributed by atoms with E-state index in [9.17, 15) is 0 Å². The van der Waals surface area contributed by atoms with Crippen molar-refractivity contribution >= 4 is 17.3 Å². The van der Waals surface area contributed by atoms with Gasteiger partial charge in [-0.3, -0.25) is 0 Å². The van der Waals surface area contributed by atoms with E-state index in [0.29, 0.717) is 6.04 Å². The van der Waals surface area contributed by atoms with Crippen LogP contribution in [0.1, 0.15) is 40.0 Å². The van der Waals surface area contributed by atoms with Crippen molar-refractivity contribution in [3.05, 3.63) is 0 Å². The number of nitrogens with zero attached hydrogens (tertiary/aromatic N) is 2. The van der Waals surface area contributed by atoms with Crippen LogP contribution in [0.5, 0.6) is 0 Å². The number of hydrogen-bond acceptors (Lipinski definition) is 1. The highest BCUT2D eigenvalue weighted by Crippen LogP contribution is 2.13. The SMILES string of the molecule is CCCCCN1CCN(C(C)C)C1=S. The zero-order valence-corrected chi connectivity index (χ0v) is 10.4. The summed E-state index contributed by atoms with van der Waals surface area (Å²) in [5.74, 6) is 0. The van der Waals surface area contributed by atoms with E-state index in [1.54, 1.807) is 0 Å². The predicted octanol–water partition coefficient (Wildman–Crippen LogP) is 2.49. The van der Waals surface area contributed by atoms with E-state index in [2.05, 4.69) is 30.6 Å². The number of unbranched alkanes of at least 4 members (excludes halogenated alkanes) is 2. The van der Waals surface area contributed by atoms with Gasteiger partial charge in [-0.2, -0.15) is 0 Å². The first-order valence-corrected chi connectivity index (χ1v) is 6.13. The van der Waals surface area contributed by atoms with Crippen LogP contribution in [0.4, 0.5) is 0 Å². The fourth-order valence-corrected chi connectivity index (χ4v) is 2.33. The third kappa shape index (κ3) is 2.84. The average molecular weight is 214 g/mol. The molecule has 2 nitrogen and oxygen atoms in total. The number of rotatable bonds is 5. The van der Waals surface area contributed by atoms with Crippen molar-refractivity contribution < 1.29 is 0 Å². The minimum absolute atomic E-state index is 0.554. The lowest BCUT2D eigenvalue weighted by molar-refractivity contribution is 0.389. The van der Waals surface area contributed by atoms with Crippen LogP contribution in [-0.2, 0) is 0 Å². The molecule has 3 heteroatoms. The summed E-state index contributed by atoms with van der Waals surface area (Å²) < 4.78 is 0. The molecule has 1 aliphatic heterocycles. The van der Waals surface area contributed by atoms with Gasteiger partial charge in [0.1, 0.15) is 0 Å². The van der Waals surface area contributed by atoms with E-state index in [1.807, 2.05) is 0 Å². The molecule has 0 spiro atoms. The lowest BCUT2D eigenvalue weighted by atomic mass is 10.2. The monoisotopic (exact) mass is 214 g/mol. The molecule has 0 saturated carbocycles. The second-order valence-corrected chi connectivity index (χ2v) is 4.63. The topological polar surface area (TPSA) is 6.48 Å². The van der Waals surface area contributed by atoms with Crippen molar-refractivity contribution in [3.8, 4) is 0 Å². The van der Waals surface area contributed by atoms with Gasteiger partial charge < -0.3 is 9.80 Å². The third-order valence-corrected chi connectivity index (χ3v) is 3.27. The van der Waals surface area contributed by atoms with Crippen molar-refractivity contribution in [2.45, 2.75) is 46.1 Å². The molecule has 14 heavy (non-hydrogen) atoms. The van der Waals surface area contributed by atoms with Gasteiger partial charge in [-0.1, -0.05) is 19.8 Å². The summed E-state index contributed by atoms with van der Waals surface area (Å²) in [7, 11) is 0. The summed E-state index contributed by atoms with van der Waals surface area (Å²) in [4.78, 5) is 4.67. The molecule has 1 saturated heterocycles. The van der Waals surface area contributed by atoms with Gasteiger partial charge in [0, 0.05) is 25.7 Å². The molecule has 0 unspecified atom stereocenters. The maximum absolute atomic E-state index is 5.44. The average Bonchev–Trinajstić information content (AvgIpc) is 2.48. The zero-order valence-electron chi connectivity index (χ0n) is 9.62. The highest BCUT2D eigenvalue weighted by Gasteiger charge is 2.25. The molecule has 0 radical (unpaired) electrons. The second-order valence-electron chi connectivity index (χ2n) is 4.26. The summed E-state index contributed by atoms with van der Waals surface area (Å²) in [6, 6.07) is 0.554. The molecular formula is C11H22N2S. The van der Waals surface area contributed by atoms with Crippen molar-refractivity contribution in [1.29, 1.82) is 0 Å². The van der Waals surface area contributed by atoms with E-state index in [1.165, 1.54) is 19.3 Å². The number of thiocarbonyl (C=S) groups is 1. The third-order valence-electron chi connectivity index (χ3n) is 2.78. The highest BCUT2D eigenvalue weighted by atomic mass is 32.1. The molecule has 0 atom stereocenters. The van der Waals surface area contributed by atoms with Crippen molar-refractivity contribution in [3.63, 3.8) is 0 Å². The van der Waals surface area contributed by atoms with E-state index in [0.717, 1.165) is 24.7 Å². The molecule has 0 aromatic rings. The molecule has 0 aliphatic carbocycles. The fourth-order valence-electron chi connectivity index (χ4n) is 1.84. The molecule has 1 rings (SSSR count). The molecule has 1 aliphatic rings. The van der Waals surface area contributed by atoms with Crippen LogP contribution < -0.4 is 0 Å². The molecule has 0 bridgehead atoms. The van der Waals surface area contributed by atoms with E-state index < -0.39 is 0 Å². The Hall–Kier alpha value is -0.310. The molecule has 0 amide bonds. The van der Waals surface area contributed by atoms with Gasteiger partial charge in [-0.15, -0.1) is 0 Å².